The van der Waals surface area contributed by atoms with Crippen molar-refractivity contribution in [3.05, 3.63) is 0 Å². The maximum Gasteiger partial charge on any atom is 0.139 e. The van der Waals surface area contributed by atoms with Gasteiger partial charge in [-0.25, -0.2) is 0 Å². The molecule has 0 aromatic carbocycles. The lowest BCUT2D eigenvalue weighted by Crippen LogP contribution is -2.19. The summed E-state index contributed by atoms with van der Waals surface area (Å²) < 4.78 is 0. The molecule has 1 nitrogen and oxygen atoms in total. The maximum atomic E-state index is 11.4. The van der Waals surface area contributed by atoms with E-state index in [9.17, 15) is 4.79 Å². The molecule has 0 amide bonds. The van der Waals surface area contributed by atoms with Gasteiger partial charge in [-0.3, -0.25) is 4.79 Å². The SMILES string of the molecule is O=C1[C@@H]2CC[C@@H](C2)[C@H]2C[C@@H]12. The van der Waals surface area contributed by atoms with Crippen molar-refractivity contribution in [3.8, 4) is 0 Å². The number of Topliss-reactive ketones (excluding diaryl/α,β-unsaturated/α-hetero) is 1. The van der Waals surface area contributed by atoms with Gasteiger partial charge in [-0.15, -0.1) is 0 Å². The molecule has 3 aliphatic rings. The third kappa shape index (κ3) is 0.480. The van der Waals surface area contributed by atoms with E-state index < -0.39 is 0 Å². The number of carbonyl (C=O) groups is 1. The molecule has 0 heterocycles. The number of hydrogen-bond acceptors (Lipinski definition) is 1. The van der Waals surface area contributed by atoms with Gasteiger partial charge in [0.2, 0.25) is 0 Å². The fraction of sp³-hybridized carbons (Fsp3) is 0.889. The highest BCUT2D eigenvalue weighted by Gasteiger charge is 2.56. The summed E-state index contributed by atoms with van der Waals surface area (Å²) in [6.07, 6.45) is 5.08. The third-order valence-electron chi connectivity index (χ3n) is 3.69. The lowest BCUT2D eigenvalue weighted by molar-refractivity contribution is -0.125. The smallest absolute Gasteiger partial charge is 0.139 e. The van der Waals surface area contributed by atoms with Crippen LogP contribution in [0.15, 0.2) is 0 Å². The first-order valence-electron chi connectivity index (χ1n) is 4.40. The van der Waals surface area contributed by atoms with Crippen LogP contribution in [0.25, 0.3) is 0 Å². The first-order valence-corrected chi connectivity index (χ1v) is 4.40. The van der Waals surface area contributed by atoms with Gasteiger partial charge in [0, 0.05) is 11.8 Å². The fourth-order valence-electron chi connectivity index (χ4n) is 3.03. The standard InChI is InChI=1S/C9H12O/c10-9-6-2-1-5(3-6)7-4-8(7)9/h5-8H,1-4H2/t5-,6+,7+,8+/m0/s1. The lowest BCUT2D eigenvalue weighted by atomic mass is 9.88. The Bertz CT molecular complexity index is 197. The average Bonchev–Trinajstić information content (AvgIpc) is 2.61. The number of hydrogen-bond donors (Lipinski definition) is 0. The minimum atomic E-state index is 0.508. The molecule has 54 valence electrons. The molecule has 10 heavy (non-hydrogen) atoms. The second kappa shape index (κ2) is 1.46. The largest absolute Gasteiger partial charge is 0.299 e. The minimum Gasteiger partial charge on any atom is -0.299 e. The van der Waals surface area contributed by atoms with Gasteiger partial charge in [-0.2, -0.15) is 0 Å². The number of carbonyl (C=O) groups excluding carboxylic acids is 1. The van der Waals surface area contributed by atoms with Crippen LogP contribution in [0, 0.1) is 23.7 Å². The molecule has 3 aliphatic carbocycles. The van der Waals surface area contributed by atoms with E-state index >= 15 is 0 Å². The van der Waals surface area contributed by atoms with Crippen LogP contribution >= 0.6 is 0 Å². The monoisotopic (exact) mass is 136 g/mol. The van der Waals surface area contributed by atoms with Crippen molar-refractivity contribution >= 4 is 5.78 Å². The Morgan fingerprint density at radius 3 is 3.00 bits per heavy atom. The van der Waals surface area contributed by atoms with Crippen molar-refractivity contribution < 1.29 is 4.79 Å². The molecular formula is C9H12O. The Morgan fingerprint density at radius 2 is 2.10 bits per heavy atom. The lowest BCUT2D eigenvalue weighted by Gasteiger charge is -2.15. The number of ketones is 1. The van der Waals surface area contributed by atoms with Crippen LogP contribution in [-0.2, 0) is 4.79 Å². The van der Waals surface area contributed by atoms with Crippen LogP contribution in [0.1, 0.15) is 25.7 Å². The van der Waals surface area contributed by atoms with Gasteiger partial charge in [-0.05, 0) is 37.5 Å². The molecule has 0 saturated heterocycles. The van der Waals surface area contributed by atoms with E-state index in [4.69, 9.17) is 0 Å². The van der Waals surface area contributed by atoms with E-state index in [1.165, 1.54) is 25.7 Å². The first kappa shape index (κ1) is 5.34. The van der Waals surface area contributed by atoms with E-state index in [0.717, 1.165) is 11.8 Å². The van der Waals surface area contributed by atoms with Crippen LogP contribution in [0.3, 0.4) is 0 Å². The molecule has 4 atom stereocenters. The Kier molecular flexibility index (Phi) is 0.781. The Morgan fingerprint density at radius 1 is 1.20 bits per heavy atom. The van der Waals surface area contributed by atoms with E-state index in [-0.39, 0.29) is 0 Å². The highest BCUT2D eigenvalue weighted by atomic mass is 16.1. The molecule has 3 fully saturated rings. The Hall–Kier alpha value is -0.330. The molecule has 0 unspecified atom stereocenters. The highest BCUT2D eigenvalue weighted by Crippen LogP contribution is 2.58. The predicted molar refractivity (Wildman–Crippen MR) is 37.4 cm³/mol. The predicted octanol–water partition coefficient (Wildman–Crippen LogP) is 1.62. The molecule has 3 rings (SSSR count). The molecule has 0 aliphatic heterocycles. The average molecular weight is 136 g/mol. The molecule has 1 heteroatoms. The summed E-state index contributed by atoms with van der Waals surface area (Å²) in [5.41, 5.74) is 0. The van der Waals surface area contributed by atoms with E-state index in [1.807, 2.05) is 0 Å². The van der Waals surface area contributed by atoms with Gasteiger partial charge in [0.25, 0.3) is 0 Å². The van der Waals surface area contributed by atoms with E-state index in [1.54, 1.807) is 0 Å². The zero-order valence-electron chi connectivity index (χ0n) is 6.05. The minimum absolute atomic E-state index is 0.508. The molecule has 0 radical (unpaired) electrons. The van der Waals surface area contributed by atoms with Crippen molar-refractivity contribution in [2.75, 3.05) is 0 Å². The second-order valence-corrected chi connectivity index (χ2v) is 4.18. The third-order valence-corrected chi connectivity index (χ3v) is 3.69. The van der Waals surface area contributed by atoms with Gasteiger partial charge in [0.15, 0.2) is 0 Å². The Labute approximate surface area is 60.8 Å². The van der Waals surface area contributed by atoms with E-state index in [0.29, 0.717) is 17.6 Å². The fourth-order valence-corrected chi connectivity index (χ4v) is 3.03. The summed E-state index contributed by atoms with van der Waals surface area (Å²) in [5, 5.41) is 0. The summed E-state index contributed by atoms with van der Waals surface area (Å²) in [6, 6.07) is 0. The molecule has 0 spiro atoms. The van der Waals surface area contributed by atoms with Gasteiger partial charge >= 0.3 is 0 Å². The van der Waals surface area contributed by atoms with Gasteiger partial charge in [0.05, 0.1) is 0 Å². The van der Waals surface area contributed by atoms with Crippen LogP contribution in [0.2, 0.25) is 0 Å². The summed E-state index contributed by atoms with van der Waals surface area (Å²) in [5.74, 6) is 3.50. The van der Waals surface area contributed by atoms with E-state index in [2.05, 4.69) is 0 Å². The summed E-state index contributed by atoms with van der Waals surface area (Å²) in [6.45, 7) is 0. The summed E-state index contributed by atoms with van der Waals surface area (Å²) in [7, 11) is 0. The zero-order valence-corrected chi connectivity index (χ0v) is 6.05. The van der Waals surface area contributed by atoms with Gasteiger partial charge in [-0.1, -0.05) is 0 Å². The molecule has 0 aromatic heterocycles. The number of rotatable bonds is 0. The second-order valence-electron chi connectivity index (χ2n) is 4.18. The first-order chi connectivity index (χ1) is 4.86. The molecule has 3 saturated carbocycles. The maximum absolute atomic E-state index is 11.4. The molecule has 0 N–H and O–H groups in total. The van der Waals surface area contributed by atoms with Crippen molar-refractivity contribution in [3.63, 3.8) is 0 Å². The van der Waals surface area contributed by atoms with Crippen molar-refractivity contribution in [1.82, 2.24) is 0 Å². The molecular weight excluding hydrogens is 124 g/mol. The Balaban J connectivity index is 1.98. The molecule has 2 bridgehead atoms. The molecule has 0 aromatic rings. The van der Waals surface area contributed by atoms with Crippen LogP contribution < -0.4 is 0 Å². The van der Waals surface area contributed by atoms with Crippen LogP contribution in [0.4, 0.5) is 0 Å². The normalized spacial score (nSPS) is 56.6. The topological polar surface area (TPSA) is 17.1 Å². The van der Waals surface area contributed by atoms with Crippen molar-refractivity contribution in [1.29, 1.82) is 0 Å². The van der Waals surface area contributed by atoms with Gasteiger partial charge < -0.3 is 0 Å². The highest BCUT2D eigenvalue weighted by molar-refractivity contribution is 5.87. The summed E-state index contributed by atoms with van der Waals surface area (Å²) in [4.78, 5) is 11.4. The van der Waals surface area contributed by atoms with Crippen molar-refractivity contribution in [2.45, 2.75) is 25.7 Å². The quantitative estimate of drug-likeness (QED) is 0.494. The van der Waals surface area contributed by atoms with Crippen molar-refractivity contribution in [2.24, 2.45) is 23.7 Å². The summed E-state index contributed by atoms with van der Waals surface area (Å²) >= 11 is 0. The van der Waals surface area contributed by atoms with Crippen LogP contribution in [0.5, 0.6) is 0 Å². The number of fused-ring (bicyclic) bond motifs is 4. The zero-order chi connectivity index (χ0) is 6.72. The van der Waals surface area contributed by atoms with Crippen LogP contribution in [-0.4, -0.2) is 5.78 Å². The van der Waals surface area contributed by atoms with Gasteiger partial charge in [0.1, 0.15) is 5.78 Å².